The van der Waals surface area contributed by atoms with E-state index in [0.717, 1.165) is 44.9 Å². The third-order valence-electron chi connectivity index (χ3n) is 2.77. The monoisotopic (exact) mass is 310 g/mol. The summed E-state index contributed by atoms with van der Waals surface area (Å²) in [4.78, 5) is 20.5. The van der Waals surface area contributed by atoms with Gasteiger partial charge in [-0.05, 0) is 39.0 Å². The van der Waals surface area contributed by atoms with Gasteiger partial charge in [0.05, 0.1) is 0 Å². The molecular weight excluding hydrogens is 280 g/mol. The van der Waals surface area contributed by atoms with Crippen molar-refractivity contribution in [2.24, 2.45) is 0 Å². The Labute approximate surface area is 134 Å². The fourth-order valence-electron chi connectivity index (χ4n) is 1.65. The van der Waals surface area contributed by atoms with Gasteiger partial charge >= 0.3 is 11.9 Å². The van der Waals surface area contributed by atoms with Crippen LogP contribution in [-0.4, -0.2) is 22.2 Å². The van der Waals surface area contributed by atoms with Crippen LogP contribution in [0, 0.1) is 0 Å². The molecule has 0 aliphatic rings. The smallest absolute Gasteiger partial charge is 0.331 e. The number of unbranched alkanes of at least 4 members (excludes halogenated alkanes) is 3. The van der Waals surface area contributed by atoms with Gasteiger partial charge in [0, 0.05) is 11.6 Å². The van der Waals surface area contributed by atoms with E-state index in [1.165, 1.54) is 6.08 Å². The van der Waals surface area contributed by atoms with Crippen LogP contribution in [-0.2, 0) is 9.59 Å². The fraction of sp³-hybridized carbons (Fsp3) is 0.556. The van der Waals surface area contributed by atoms with E-state index in [0.29, 0.717) is 5.57 Å². The van der Waals surface area contributed by atoms with Gasteiger partial charge in [-0.15, -0.1) is 0 Å². The lowest BCUT2D eigenvalue weighted by Crippen LogP contribution is -2.00. The number of hydrogen-bond donors (Lipinski definition) is 2. The summed E-state index contributed by atoms with van der Waals surface area (Å²) < 4.78 is 0. The number of carboxylic acid groups (broad SMARTS) is 2. The molecule has 126 valence electrons. The molecule has 0 unspecified atom stereocenters. The first kappa shape index (κ1) is 22.4. The number of allylic oxidation sites excluding steroid dienone is 4. The first-order valence-electron chi connectivity index (χ1n) is 7.92. The molecule has 0 radical (unpaired) electrons. The second-order valence-electron chi connectivity index (χ2n) is 4.79. The van der Waals surface area contributed by atoms with Crippen molar-refractivity contribution in [1.82, 2.24) is 0 Å². The van der Waals surface area contributed by atoms with E-state index in [2.05, 4.69) is 6.92 Å². The lowest BCUT2D eigenvalue weighted by molar-refractivity contribution is -0.133. The van der Waals surface area contributed by atoms with Gasteiger partial charge in [0.1, 0.15) is 0 Å². The van der Waals surface area contributed by atoms with Crippen molar-refractivity contribution in [3.05, 3.63) is 36.0 Å². The second kappa shape index (κ2) is 17.2. The summed E-state index contributed by atoms with van der Waals surface area (Å²) in [5.41, 5.74) is 0.575. The predicted molar refractivity (Wildman–Crippen MR) is 91.0 cm³/mol. The van der Waals surface area contributed by atoms with Crippen molar-refractivity contribution in [2.75, 3.05) is 0 Å². The summed E-state index contributed by atoms with van der Waals surface area (Å²) in [6, 6.07) is 0. The number of aliphatic carboxylic acids is 2. The van der Waals surface area contributed by atoms with E-state index in [9.17, 15) is 9.59 Å². The van der Waals surface area contributed by atoms with E-state index in [4.69, 9.17) is 10.2 Å². The van der Waals surface area contributed by atoms with Gasteiger partial charge in [-0.1, -0.05) is 51.0 Å². The van der Waals surface area contributed by atoms with Gasteiger partial charge in [0.25, 0.3) is 0 Å². The van der Waals surface area contributed by atoms with Crippen molar-refractivity contribution < 1.29 is 19.8 Å². The van der Waals surface area contributed by atoms with Crippen LogP contribution in [0.2, 0.25) is 0 Å². The molecule has 0 aliphatic carbocycles. The topological polar surface area (TPSA) is 74.6 Å². The molecule has 0 bridgehead atoms. The molecule has 0 fully saturated rings. The minimum atomic E-state index is -0.875. The highest BCUT2D eigenvalue weighted by molar-refractivity contribution is 5.86. The third kappa shape index (κ3) is 18.2. The van der Waals surface area contributed by atoms with Crippen LogP contribution in [0.4, 0.5) is 0 Å². The van der Waals surface area contributed by atoms with Crippen LogP contribution in [0.15, 0.2) is 36.0 Å². The molecule has 22 heavy (non-hydrogen) atoms. The van der Waals surface area contributed by atoms with Gasteiger partial charge in [0.2, 0.25) is 0 Å². The summed E-state index contributed by atoms with van der Waals surface area (Å²) in [5.74, 6) is -1.63. The average Bonchev–Trinajstić information content (AvgIpc) is 2.46. The third-order valence-corrected chi connectivity index (χ3v) is 2.77. The fourth-order valence-corrected chi connectivity index (χ4v) is 1.65. The molecule has 0 aromatic heterocycles. The summed E-state index contributed by atoms with van der Waals surface area (Å²) in [6.45, 7) is 6.02. The Balaban J connectivity index is 0. The van der Waals surface area contributed by atoms with Gasteiger partial charge in [-0.25, -0.2) is 9.59 Å². The van der Waals surface area contributed by atoms with Crippen LogP contribution >= 0.6 is 0 Å². The molecular formula is C18H30O4. The SMILES string of the molecule is CC/C=C(\CCCCC)C(=O)O.CC=CCCC=CC(=O)O. The van der Waals surface area contributed by atoms with Crippen LogP contribution in [0.5, 0.6) is 0 Å². The molecule has 0 spiro atoms. The summed E-state index contributed by atoms with van der Waals surface area (Å²) in [7, 11) is 0. The van der Waals surface area contributed by atoms with Crippen molar-refractivity contribution in [1.29, 1.82) is 0 Å². The maximum Gasteiger partial charge on any atom is 0.331 e. The molecule has 0 aromatic carbocycles. The van der Waals surface area contributed by atoms with E-state index in [-0.39, 0.29) is 0 Å². The molecule has 0 atom stereocenters. The zero-order chi connectivity index (χ0) is 17.2. The molecule has 0 heterocycles. The molecule has 0 aliphatic heterocycles. The molecule has 0 amide bonds. The molecule has 4 nitrogen and oxygen atoms in total. The largest absolute Gasteiger partial charge is 0.478 e. The van der Waals surface area contributed by atoms with Crippen molar-refractivity contribution >= 4 is 11.9 Å². The molecule has 2 N–H and O–H groups in total. The standard InChI is InChI=1S/C10H18O2.C8H12O2/c1-3-5-6-8-9(7-4-2)10(11)12;1-2-3-4-5-6-7-8(9)10/h7H,3-6,8H2,1-2H3,(H,11,12);2-3,6-7H,4-5H2,1H3,(H,9,10)/b9-7+;. The molecule has 0 aromatic rings. The van der Waals surface area contributed by atoms with E-state index >= 15 is 0 Å². The maximum atomic E-state index is 10.6. The Morgan fingerprint density at radius 2 is 1.64 bits per heavy atom. The Morgan fingerprint density at radius 3 is 2.09 bits per heavy atom. The highest BCUT2D eigenvalue weighted by Gasteiger charge is 2.04. The van der Waals surface area contributed by atoms with Crippen LogP contribution in [0.1, 0.15) is 65.7 Å². The maximum absolute atomic E-state index is 10.6. The zero-order valence-corrected chi connectivity index (χ0v) is 14.0. The zero-order valence-electron chi connectivity index (χ0n) is 14.0. The normalized spacial score (nSPS) is 11.5. The highest BCUT2D eigenvalue weighted by atomic mass is 16.4. The van der Waals surface area contributed by atoms with Gasteiger partial charge in [-0.2, -0.15) is 0 Å². The molecule has 0 rings (SSSR count). The van der Waals surface area contributed by atoms with Crippen molar-refractivity contribution in [2.45, 2.75) is 65.7 Å². The summed E-state index contributed by atoms with van der Waals surface area (Å²) in [6.07, 6.45) is 15.1. The van der Waals surface area contributed by atoms with Gasteiger partial charge in [-0.3, -0.25) is 0 Å². The summed E-state index contributed by atoms with van der Waals surface area (Å²) >= 11 is 0. The van der Waals surface area contributed by atoms with Crippen LogP contribution in [0.3, 0.4) is 0 Å². The minimum absolute atomic E-state index is 0.575. The number of carbonyl (C=O) groups is 2. The van der Waals surface area contributed by atoms with Gasteiger partial charge in [0.15, 0.2) is 0 Å². The molecule has 0 saturated heterocycles. The number of carboxylic acids is 2. The van der Waals surface area contributed by atoms with Crippen molar-refractivity contribution in [3.8, 4) is 0 Å². The van der Waals surface area contributed by atoms with Crippen molar-refractivity contribution in [3.63, 3.8) is 0 Å². The number of rotatable bonds is 10. The predicted octanol–water partition coefficient (Wildman–Crippen LogP) is 4.97. The van der Waals surface area contributed by atoms with Crippen LogP contribution < -0.4 is 0 Å². The Hall–Kier alpha value is -1.84. The minimum Gasteiger partial charge on any atom is -0.478 e. The Kier molecular flexibility index (Phi) is 17.6. The van der Waals surface area contributed by atoms with E-state index in [1.54, 1.807) is 12.2 Å². The van der Waals surface area contributed by atoms with E-state index in [1.807, 2.05) is 26.0 Å². The van der Waals surface area contributed by atoms with Crippen LogP contribution in [0.25, 0.3) is 0 Å². The lowest BCUT2D eigenvalue weighted by atomic mass is 10.1. The first-order valence-corrected chi connectivity index (χ1v) is 7.92. The quantitative estimate of drug-likeness (QED) is 0.339. The van der Waals surface area contributed by atoms with E-state index < -0.39 is 11.9 Å². The summed E-state index contributed by atoms with van der Waals surface area (Å²) in [5, 5.41) is 16.9. The molecule has 0 saturated carbocycles. The lowest BCUT2D eigenvalue weighted by Gasteiger charge is -2.00. The highest BCUT2D eigenvalue weighted by Crippen LogP contribution is 2.09. The Morgan fingerprint density at radius 1 is 1.00 bits per heavy atom. The van der Waals surface area contributed by atoms with Gasteiger partial charge < -0.3 is 10.2 Å². The molecule has 4 heteroatoms. The first-order chi connectivity index (χ1) is 10.5. The number of hydrogen-bond acceptors (Lipinski definition) is 2. The Bertz CT molecular complexity index is 379. The average molecular weight is 310 g/mol. The second-order valence-corrected chi connectivity index (χ2v) is 4.79.